The first-order valence-corrected chi connectivity index (χ1v) is 10.3. The largest absolute Gasteiger partial charge is 0.345 e. The molecule has 26 heavy (non-hydrogen) atoms. The number of hydrogen-bond acceptors (Lipinski definition) is 3. The molecule has 0 unspecified atom stereocenters. The molecule has 0 bridgehead atoms. The van der Waals surface area contributed by atoms with Crippen molar-refractivity contribution in [3.63, 3.8) is 0 Å². The highest BCUT2D eigenvalue weighted by Gasteiger charge is 2.18. The number of hydrogen-bond donors (Lipinski definition) is 1. The Hall–Kier alpha value is -2.37. The molecule has 3 aromatic carbocycles. The van der Waals surface area contributed by atoms with Gasteiger partial charge in [0.25, 0.3) is 5.91 Å². The normalized spacial score (nSPS) is 12.7. The minimum absolute atomic E-state index is 0.0513. The van der Waals surface area contributed by atoms with E-state index in [9.17, 15) is 13.2 Å². The molecule has 0 aliphatic rings. The average Bonchev–Trinajstić information content (AvgIpc) is 2.60. The highest BCUT2D eigenvalue weighted by Crippen LogP contribution is 2.26. The van der Waals surface area contributed by atoms with E-state index in [1.165, 1.54) is 18.2 Å². The first-order valence-electron chi connectivity index (χ1n) is 8.05. The Kier molecular flexibility index (Phi) is 5.03. The van der Waals surface area contributed by atoms with Gasteiger partial charge in [-0.1, -0.05) is 54.1 Å². The van der Waals surface area contributed by atoms with Crippen molar-refractivity contribution >= 4 is 38.1 Å². The zero-order chi connectivity index (χ0) is 18.9. The van der Waals surface area contributed by atoms with Gasteiger partial charge >= 0.3 is 0 Å². The lowest BCUT2D eigenvalue weighted by Crippen LogP contribution is -2.27. The van der Waals surface area contributed by atoms with E-state index in [-0.39, 0.29) is 27.4 Å². The Balaban J connectivity index is 1.90. The molecule has 0 heterocycles. The molecular formula is C20H18ClNO3S. The number of carbonyl (C=O) groups excluding carboxylic acids is 1. The fourth-order valence-corrected chi connectivity index (χ4v) is 4.22. The maximum Gasteiger partial charge on any atom is 0.251 e. The Morgan fingerprint density at radius 3 is 2.46 bits per heavy atom. The van der Waals surface area contributed by atoms with Crippen molar-refractivity contribution in [3.8, 4) is 0 Å². The minimum Gasteiger partial charge on any atom is -0.345 e. The van der Waals surface area contributed by atoms with Crippen molar-refractivity contribution in [3.05, 3.63) is 76.8 Å². The zero-order valence-electron chi connectivity index (χ0n) is 14.4. The van der Waals surface area contributed by atoms with Gasteiger partial charge in [-0.2, -0.15) is 0 Å². The third kappa shape index (κ3) is 3.74. The molecule has 6 heteroatoms. The molecular weight excluding hydrogens is 370 g/mol. The van der Waals surface area contributed by atoms with Crippen LogP contribution in [0.25, 0.3) is 10.8 Å². The van der Waals surface area contributed by atoms with Gasteiger partial charge in [0.1, 0.15) is 0 Å². The van der Waals surface area contributed by atoms with E-state index in [2.05, 4.69) is 5.32 Å². The second-order valence-electron chi connectivity index (χ2n) is 6.18. The number of sulfone groups is 1. The Labute approximate surface area is 157 Å². The fraction of sp³-hybridized carbons (Fsp3) is 0.150. The van der Waals surface area contributed by atoms with Gasteiger partial charge in [0.15, 0.2) is 9.84 Å². The quantitative estimate of drug-likeness (QED) is 0.722. The Bertz CT molecular complexity index is 1090. The average molecular weight is 388 g/mol. The number of benzene rings is 3. The minimum atomic E-state index is -3.51. The van der Waals surface area contributed by atoms with Crippen molar-refractivity contribution in [1.82, 2.24) is 5.32 Å². The van der Waals surface area contributed by atoms with Gasteiger partial charge in [0.05, 0.1) is 16.0 Å². The molecule has 0 saturated heterocycles. The van der Waals surface area contributed by atoms with Crippen LogP contribution in [0.15, 0.2) is 65.6 Å². The molecule has 0 aliphatic carbocycles. The van der Waals surface area contributed by atoms with Crippen molar-refractivity contribution in [1.29, 1.82) is 0 Å². The summed E-state index contributed by atoms with van der Waals surface area (Å²) in [7, 11) is -3.51. The van der Waals surface area contributed by atoms with E-state index in [4.69, 9.17) is 11.6 Å². The van der Waals surface area contributed by atoms with Crippen LogP contribution in [0.2, 0.25) is 5.02 Å². The number of amides is 1. The van der Waals surface area contributed by atoms with Crippen molar-refractivity contribution in [2.45, 2.75) is 17.9 Å². The summed E-state index contributed by atoms with van der Waals surface area (Å²) >= 11 is 5.94. The molecule has 0 aromatic heterocycles. The van der Waals surface area contributed by atoms with Crippen LogP contribution in [0, 0.1) is 0 Å². The standard InChI is InChI=1S/C20H18ClNO3S/c1-13(16-9-5-7-14-6-3-4-8-17(14)16)22-20(23)15-10-11-18(21)19(12-15)26(2,24)25/h3-13H,1-2H3,(H,22,23)/t13-/m0/s1. The van der Waals surface area contributed by atoms with Gasteiger partial charge in [-0.05, 0) is 41.5 Å². The van der Waals surface area contributed by atoms with Gasteiger partial charge < -0.3 is 5.32 Å². The summed E-state index contributed by atoms with van der Waals surface area (Å²) in [5.74, 6) is -0.355. The molecule has 3 aromatic rings. The maximum atomic E-state index is 12.6. The van der Waals surface area contributed by atoms with E-state index in [0.717, 1.165) is 22.6 Å². The smallest absolute Gasteiger partial charge is 0.251 e. The summed E-state index contributed by atoms with van der Waals surface area (Å²) in [6.07, 6.45) is 1.06. The predicted molar refractivity (Wildman–Crippen MR) is 104 cm³/mol. The fourth-order valence-electron chi connectivity index (χ4n) is 2.91. The number of carbonyl (C=O) groups is 1. The van der Waals surface area contributed by atoms with Gasteiger partial charge in [0, 0.05) is 11.8 Å². The summed E-state index contributed by atoms with van der Waals surface area (Å²) in [4.78, 5) is 12.6. The topological polar surface area (TPSA) is 63.2 Å². The molecule has 4 nitrogen and oxygen atoms in total. The second-order valence-corrected chi connectivity index (χ2v) is 8.57. The van der Waals surface area contributed by atoms with E-state index >= 15 is 0 Å². The SMILES string of the molecule is C[C@H](NC(=O)c1ccc(Cl)c(S(C)(=O)=O)c1)c1cccc2ccccc12. The van der Waals surface area contributed by atoms with Crippen LogP contribution in [0.1, 0.15) is 28.9 Å². The van der Waals surface area contributed by atoms with Gasteiger partial charge in [-0.3, -0.25) is 4.79 Å². The lowest BCUT2D eigenvalue weighted by atomic mass is 9.99. The Morgan fingerprint density at radius 1 is 1.04 bits per heavy atom. The highest BCUT2D eigenvalue weighted by molar-refractivity contribution is 7.90. The second kappa shape index (κ2) is 7.09. The van der Waals surface area contributed by atoms with Crippen LogP contribution in [-0.4, -0.2) is 20.6 Å². The molecule has 0 spiro atoms. The van der Waals surface area contributed by atoms with Gasteiger partial charge in [-0.25, -0.2) is 8.42 Å². The van der Waals surface area contributed by atoms with E-state index in [1.807, 2.05) is 49.4 Å². The lowest BCUT2D eigenvalue weighted by Gasteiger charge is -2.17. The van der Waals surface area contributed by atoms with Gasteiger partial charge in [0.2, 0.25) is 0 Å². The molecule has 1 N–H and O–H groups in total. The molecule has 1 atom stereocenters. The summed E-state index contributed by atoms with van der Waals surface area (Å²) in [6, 6.07) is 17.9. The van der Waals surface area contributed by atoms with Crippen molar-refractivity contribution in [2.24, 2.45) is 0 Å². The molecule has 1 amide bonds. The van der Waals surface area contributed by atoms with Crippen molar-refractivity contribution in [2.75, 3.05) is 6.26 Å². The summed E-state index contributed by atoms with van der Waals surface area (Å²) < 4.78 is 23.6. The van der Waals surface area contributed by atoms with E-state index in [0.29, 0.717) is 0 Å². The van der Waals surface area contributed by atoms with Gasteiger partial charge in [-0.15, -0.1) is 0 Å². The number of fused-ring (bicyclic) bond motifs is 1. The summed E-state index contributed by atoms with van der Waals surface area (Å²) in [6.45, 7) is 1.90. The maximum absolute atomic E-state index is 12.6. The monoisotopic (exact) mass is 387 g/mol. The van der Waals surface area contributed by atoms with Crippen LogP contribution in [0.4, 0.5) is 0 Å². The first kappa shape index (κ1) is 18.4. The number of nitrogens with one attached hydrogen (secondary N) is 1. The third-order valence-corrected chi connectivity index (χ3v) is 5.81. The van der Waals surface area contributed by atoms with Crippen LogP contribution < -0.4 is 5.32 Å². The molecule has 0 saturated carbocycles. The Morgan fingerprint density at radius 2 is 1.73 bits per heavy atom. The van der Waals surface area contributed by atoms with Crippen LogP contribution >= 0.6 is 11.6 Å². The van der Waals surface area contributed by atoms with Crippen molar-refractivity contribution < 1.29 is 13.2 Å². The number of halogens is 1. The summed E-state index contributed by atoms with van der Waals surface area (Å²) in [5.41, 5.74) is 1.25. The highest BCUT2D eigenvalue weighted by atomic mass is 35.5. The molecule has 134 valence electrons. The van der Waals surface area contributed by atoms with Crippen LogP contribution in [0.5, 0.6) is 0 Å². The zero-order valence-corrected chi connectivity index (χ0v) is 15.9. The summed E-state index contributed by atoms with van der Waals surface area (Å²) in [5, 5.41) is 5.19. The van der Waals surface area contributed by atoms with Crippen LogP contribution in [0.3, 0.4) is 0 Å². The first-order chi connectivity index (χ1) is 12.3. The third-order valence-electron chi connectivity index (χ3n) is 4.23. The van der Waals surface area contributed by atoms with E-state index in [1.54, 1.807) is 0 Å². The molecule has 3 rings (SSSR count). The van der Waals surface area contributed by atoms with Crippen LogP contribution in [-0.2, 0) is 9.84 Å². The number of rotatable bonds is 4. The molecule has 0 fully saturated rings. The predicted octanol–water partition coefficient (Wildman–Crippen LogP) is 4.39. The molecule has 0 aliphatic heterocycles. The van der Waals surface area contributed by atoms with E-state index < -0.39 is 9.84 Å². The molecule has 0 radical (unpaired) electrons. The lowest BCUT2D eigenvalue weighted by molar-refractivity contribution is 0.0940.